The molecule has 7 nitrogen and oxygen atoms in total. The SMILES string of the molecule is N#CC[C@H]1CN(c2nc(OCC34CCCN3CCC4)nc3c(F)c(-c4cccc5cccc(Cl)c45)ccc23)CCN1. The number of hydrogen-bond donors (Lipinski definition) is 1. The van der Waals surface area contributed by atoms with Crippen molar-refractivity contribution in [1.29, 1.82) is 5.26 Å². The Labute approximate surface area is 243 Å². The molecule has 3 aromatic carbocycles. The minimum absolute atomic E-state index is 0.00880. The van der Waals surface area contributed by atoms with Gasteiger partial charge in [-0.1, -0.05) is 48.0 Å². The number of benzene rings is 3. The van der Waals surface area contributed by atoms with E-state index in [1.807, 2.05) is 42.5 Å². The fourth-order valence-electron chi connectivity index (χ4n) is 7.08. The highest BCUT2D eigenvalue weighted by Gasteiger charge is 2.45. The zero-order chi connectivity index (χ0) is 28.0. The molecule has 210 valence electrons. The summed E-state index contributed by atoms with van der Waals surface area (Å²) in [5, 5.41) is 15.7. The highest BCUT2D eigenvalue weighted by Crippen LogP contribution is 2.41. The van der Waals surface area contributed by atoms with Gasteiger partial charge in [-0.15, -0.1) is 0 Å². The Bertz CT molecular complexity index is 1660. The van der Waals surface area contributed by atoms with Crippen LogP contribution in [0.5, 0.6) is 6.01 Å². The van der Waals surface area contributed by atoms with Crippen LogP contribution in [0.4, 0.5) is 10.2 Å². The number of piperazine rings is 1. The highest BCUT2D eigenvalue weighted by atomic mass is 35.5. The molecule has 1 aromatic heterocycles. The third-order valence-corrected chi connectivity index (χ3v) is 9.40. The van der Waals surface area contributed by atoms with Gasteiger partial charge < -0.3 is 15.0 Å². The van der Waals surface area contributed by atoms with Crippen LogP contribution in [0.25, 0.3) is 32.8 Å². The molecule has 0 spiro atoms. The summed E-state index contributed by atoms with van der Waals surface area (Å²) in [7, 11) is 0. The standard InChI is InChI=1S/C32H32ClFN6O/c33-26-8-2-6-21-5-1-7-23(27(21)26)24-9-10-25-29(28(24)34)37-31(41-20-32-12-3-16-40(32)17-4-13-32)38-30(25)39-18-15-36-22(19-39)11-14-35/h1-2,5-10,22,36H,3-4,11-13,15-20H2/t22-/m0/s1. The predicted octanol–water partition coefficient (Wildman–Crippen LogP) is 5.94. The van der Waals surface area contributed by atoms with E-state index < -0.39 is 5.82 Å². The van der Waals surface area contributed by atoms with Crippen molar-refractivity contribution in [3.63, 3.8) is 0 Å². The van der Waals surface area contributed by atoms with Gasteiger partial charge in [0, 0.05) is 47.0 Å². The Hall–Kier alpha value is -3.51. The van der Waals surface area contributed by atoms with Gasteiger partial charge >= 0.3 is 6.01 Å². The normalized spacial score (nSPS) is 20.4. The van der Waals surface area contributed by atoms with Crippen molar-refractivity contribution in [2.24, 2.45) is 0 Å². The summed E-state index contributed by atoms with van der Waals surface area (Å²) in [6.07, 6.45) is 4.92. The van der Waals surface area contributed by atoms with Crippen LogP contribution in [0.15, 0.2) is 48.5 Å². The summed E-state index contributed by atoms with van der Waals surface area (Å²) in [5.41, 5.74) is 1.41. The molecule has 3 aliphatic rings. The van der Waals surface area contributed by atoms with Crippen LogP contribution < -0.4 is 15.0 Å². The van der Waals surface area contributed by atoms with Gasteiger partial charge in [-0.25, -0.2) is 4.39 Å². The van der Waals surface area contributed by atoms with E-state index in [0.29, 0.717) is 54.5 Å². The fourth-order valence-corrected chi connectivity index (χ4v) is 7.37. The third-order valence-electron chi connectivity index (χ3n) is 9.08. The first-order valence-corrected chi connectivity index (χ1v) is 14.9. The molecule has 0 bridgehead atoms. The molecule has 3 aliphatic heterocycles. The minimum Gasteiger partial charge on any atom is -0.461 e. The van der Waals surface area contributed by atoms with Crippen LogP contribution >= 0.6 is 11.6 Å². The van der Waals surface area contributed by atoms with E-state index in [-0.39, 0.29) is 23.1 Å². The number of nitriles is 1. The quantitative estimate of drug-likeness (QED) is 0.307. The first-order valence-electron chi connectivity index (χ1n) is 14.5. The Morgan fingerprint density at radius 3 is 2.66 bits per heavy atom. The predicted molar refractivity (Wildman–Crippen MR) is 160 cm³/mol. The highest BCUT2D eigenvalue weighted by molar-refractivity contribution is 6.36. The largest absolute Gasteiger partial charge is 0.461 e. The lowest BCUT2D eigenvalue weighted by Crippen LogP contribution is -2.51. The molecule has 0 unspecified atom stereocenters. The second-order valence-corrected chi connectivity index (χ2v) is 11.9. The summed E-state index contributed by atoms with van der Waals surface area (Å²) < 4.78 is 23.0. The number of anilines is 1. The number of hydrogen-bond acceptors (Lipinski definition) is 7. The summed E-state index contributed by atoms with van der Waals surface area (Å²) in [6, 6.07) is 17.7. The number of rotatable bonds is 6. The molecule has 0 radical (unpaired) electrons. The van der Waals surface area contributed by atoms with Crippen LogP contribution in [0, 0.1) is 17.1 Å². The van der Waals surface area contributed by atoms with E-state index in [4.69, 9.17) is 26.3 Å². The monoisotopic (exact) mass is 570 g/mol. The van der Waals surface area contributed by atoms with Gasteiger partial charge in [0.1, 0.15) is 17.9 Å². The van der Waals surface area contributed by atoms with Crippen molar-refractivity contribution >= 4 is 39.1 Å². The molecule has 0 amide bonds. The molecule has 4 aromatic rings. The van der Waals surface area contributed by atoms with Crippen LogP contribution in [-0.2, 0) is 0 Å². The van der Waals surface area contributed by atoms with E-state index >= 15 is 4.39 Å². The van der Waals surface area contributed by atoms with E-state index in [9.17, 15) is 5.26 Å². The van der Waals surface area contributed by atoms with Crippen LogP contribution in [0.2, 0.25) is 5.02 Å². The molecule has 4 heterocycles. The summed E-state index contributed by atoms with van der Waals surface area (Å²) >= 11 is 6.61. The molecule has 0 saturated carbocycles. The molecule has 0 aliphatic carbocycles. The van der Waals surface area contributed by atoms with Crippen molar-refractivity contribution in [1.82, 2.24) is 20.2 Å². The van der Waals surface area contributed by atoms with Crippen molar-refractivity contribution < 1.29 is 9.13 Å². The van der Waals surface area contributed by atoms with Gasteiger partial charge in [0.2, 0.25) is 0 Å². The Morgan fingerprint density at radius 2 is 1.85 bits per heavy atom. The van der Waals surface area contributed by atoms with E-state index in [2.05, 4.69) is 21.2 Å². The molecule has 9 heteroatoms. The zero-order valence-electron chi connectivity index (χ0n) is 22.9. The number of fused-ring (bicyclic) bond motifs is 3. The van der Waals surface area contributed by atoms with Crippen molar-refractivity contribution in [2.75, 3.05) is 44.2 Å². The van der Waals surface area contributed by atoms with Gasteiger partial charge in [-0.2, -0.15) is 15.2 Å². The van der Waals surface area contributed by atoms with Gasteiger partial charge in [0.25, 0.3) is 0 Å². The Balaban J connectivity index is 1.34. The number of halogens is 2. The van der Waals surface area contributed by atoms with Gasteiger partial charge in [0.15, 0.2) is 5.82 Å². The maximum absolute atomic E-state index is 16.6. The maximum atomic E-state index is 16.6. The molecular formula is C32H32ClFN6O. The number of ether oxygens (including phenoxy) is 1. The average Bonchev–Trinajstić information content (AvgIpc) is 3.57. The first kappa shape index (κ1) is 26.4. The Morgan fingerprint density at radius 1 is 1.05 bits per heavy atom. The van der Waals surface area contributed by atoms with Crippen LogP contribution in [0.3, 0.4) is 0 Å². The Kier molecular flexibility index (Phi) is 6.90. The summed E-state index contributed by atoms with van der Waals surface area (Å²) in [5.74, 6) is 0.219. The number of nitrogens with zero attached hydrogens (tertiary/aromatic N) is 5. The molecule has 7 rings (SSSR count). The van der Waals surface area contributed by atoms with E-state index in [1.54, 1.807) is 6.07 Å². The lowest BCUT2D eigenvalue weighted by atomic mass is 9.95. The van der Waals surface area contributed by atoms with E-state index in [0.717, 1.165) is 42.3 Å². The molecular weight excluding hydrogens is 539 g/mol. The van der Waals surface area contributed by atoms with Crippen molar-refractivity contribution in [3.05, 3.63) is 59.4 Å². The number of nitrogens with one attached hydrogen (secondary N) is 1. The van der Waals surface area contributed by atoms with Gasteiger partial charge in [-0.05, 0) is 61.9 Å². The first-order chi connectivity index (χ1) is 20.1. The zero-order valence-corrected chi connectivity index (χ0v) is 23.6. The average molecular weight is 571 g/mol. The number of aromatic nitrogens is 2. The van der Waals surface area contributed by atoms with Crippen LogP contribution in [0.1, 0.15) is 32.1 Å². The summed E-state index contributed by atoms with van der Waals surface area (Å²) in [4.78, 5) is 14.2. The van der Waals surface area contributed by atoms with Crippen LogP contribution in [-0.4, -0.2) is 65.8 Å². The third kappa shape index (κ3) is 4.66. The molecule has 3 saturated heterocycles. The van der Waals surface area contributed by atoms with Gasteiger partial charge in [-0.3, -0.25) is 4.90 Å². The lowest BCUT2D eigenvalue weighted by Gasteiger charge is -2.34. The van der Waals surface area contributed by atoms with Crippen molar-refractivity contribution in [3.8, 4) is 23.2 Å². The molecule has 1 atom stereocenters. The van der Waals surface area contributed by atoms with Gasteiger partial charge in [0.05, 0.1) is 18.0 Å². The van der Waals surface area contributed by atoms with Crippen molar-refractivity contribution in [2.45, 2.75) is 43.7 Å². The molecule has 41 heavy (non-hydrogen) atoms. The topological polar surface area (TPSA) is 77.3 Å². The second-order valence-electron chi connectivity index (χ2n) is 11.5. The van der Waals surface area contributed by atoms with E-state index in [1.165, 1.54) is 12.8 Å². The lowest BCUT2D eigenvalue weighted by molar-refractivity contribution is 0.108. The maximum Gasteiger partial charge on any atom is 0.319 e. The molecule has 1 N–H and O–H groups in total. The second kappa shape index (κ2) is 10.7. The molecule has 3 fully saturated rings. The summed E-state index contributed by atoms with van der Waals surface area (Å²) in [6.45, 7) is 4.68. The fraction of sp³-hybridized carbons (Fsp3) is 0.406. The minimum atomic E-state index is -0.423. The smallest absolute Gasteiger partial charge is 0.319 e.